The maximum Gasteiger partial charge on any atom is 0.284 e. The van der Waals surface area contributed by atoms with Crippen LogP contribution < -0.4 is 5.30 Å². The van der Waals surface area contributed by atoms with E-state index in [-0.39, 0.29) is 0 Å². The molecule has 1 aromatic carbocycles. The van der Waals surface area contributed by atoms with E-state index >= 15 is 0 Å². The van der Waals surface area contributed by atoms with Crippen LogP contribution in [0.1, 0.15) is 5.56 Å². The predicted molar refractivity (Wildman–Crippen MR) is 57.9 cm³/mol. The van der Waals surface area contributed by atoms with Gasteiger partial charge >= 0.3 is 0 Å². The van der Waals surface area contributed by atoms with Crippen molar-refractivity contribution in [1.82, 2.24) is 0 Å². The summed E-state index contributed by atoms with van der Waals surface area (Å²) in [4.78, 5) is 9.42. The summed E-state index contributed by atoms with van der Waals surface area (Å²) in [6.45, 7) is 2.00. The first-order valence-corrected chi connectivity index (χ1v) is 7.19. The molecule has 0 saturated carbocycles. The van der Waals surface area contributed by atoms with Gasteiger partial charge in [0.05, 0.1) is 24.5 Å². The Kier molecular flexibility index (Phi) is 2.87. The van der Waals surface area contributed by atoms with Gasteiger partial charge in [-0.2, -0.15) is 0 Å². The normalized spacial score (nSPS) is 11.6. The maximum atomic E-state index is 9.42. The number of hydrogen-bond acceptors (Lipinski definition) is 3. The molecule has 0 atom stereocenters. The van der Waals surface area contributed by atoms with Crippen LogP contribution in [0.2, 0.25) is 0 Å². The smallest absolute Gasteiger partial charge is 0.222 e. The highest BCUT2D eigenvalue weighted by molar-refractivity contribution is 8.85. The van der Waals surface area contributed by atoms with Gasteiger partial charge in [0, 0.05) is 0 Å². The Labute approximate surface area is 77.6 Å². The summed E-state index contributed by atoms with van der Waals surface area (Å²) in [6, 6.07) is 7.58. The molecule has 0 unspecified atom stereocenters. The van der Waals surface area contributed by atoms with Crippen LogP contribution in [0.15, 0.2) is 24.3 Å². The van der Waals surface area contributed by atoms with Crippen molar-refractivity contribution < 1.29 is 4.89 Å². The van der Waals surface area contributed by atoms with Crippen molar-refractivity contribution in [3.05, 3.63) is 29.8 Å². The summed E-state index contributed by atoms with van der Waals surface area (Å²) >= 11 is 8.02. The van der Waals surface area contributed by atoms with Crippen LogP contribution in [0, 0.1) is 6.92 Å². The first kappa shape index (κ1) is 9.40. The van der Waals surface area contributed by atoms with Crippen LogP contribution in [0.4, 0.5) is 0 Å². The minimum Gasteiger partial charge on any atom is -0.222 e. The lowest BCUT2D eigenvalue weighted by molar-refractivity contribution is 0.646. The summed E-state index contributed by atoms with van der Waals surface area (Å²) < 4.78 is 0. The molecular weight excluding hydrogens is 195 g/mol. The zero-order chi connectivity index (χ0) is 8.48. The van der Waals surface area contributed by atoms with E-state index < -0.39 is 5.89 Å². The lowest BCUT2D eigenvalue weighted by atomic mass is 10.2. The number of rotatable bonds is 1. The minimum atomic E-state index is -2.40. The molecule has 0 bridgehead atoms. The van der Waals surface area contributed by atoms with E-state index in [4.69, 9.17) is 0 Å². The third-order valence-corrected chi connectivity index (χ3v) is 3.76. The Hall–Kier alpha value is 0.310. The topological polar surface area (TPSA) is 20.2 Å². The van der Waals surface area contributed by atoms with E-state index in [1.165, 1.54) is 5.56 Å². The zero-order valence-electron chi connectivity index (χ0n) is 6.10. The number of hydrogen-bond donors (Lipinski definition) is 3. The summed E-state index contributed by atoms with van der Waals surface area (Å²) in [5, 5.41) is 0.801. The van der Waals surface area contributed by atoms with Crippen molar-refractivity contribution >= 4 is 35.7 Å². The Bertz CT molecular complexity index is 240. The summed E-state index contributed by atoms with van der Waals surface area (Å²) in [6.07, 6.45) is 0. The molecule has 0 aliphatic rings. The van der Waals surface area contributed by atoms with Crippen molar-refractivity contribution in [3.63, 3.8) is 0 Å². The van der Waals surface area contributed by atoms with E-state index in [0.717, 1.165) is 5.30 Å². The molecule has 0 radical (unpaired) electrons. The van der Waals surface area contributed by atoms with Gasteiger partial charge in [-0.1, -0.05) is 17.7 Å². The van der Waals surface area contributed by atoms with E-state index in [9.17, 15) is 4.89 Å². The van der Waals surface area contributed by atoms with Crippen molar-refractivity contribution in [3.8, 4) is 0 Å². The van der Waals surface area contributed by atoms with Crippen molar-refractivity contribution in [2.75, 3.05) is 0 Å². The molecule has 1 nitrogen and oxygen atoms in total. The maximum absolute atomic E-state index is 9.42. The highest BCUT2D eigenvalue weighted by atomic mass is 33.1. The van der Waals surface area contributed by atoms with Gasteiger partial charge in [-0.15, -0.1) is 0 Å². The molecule has 0 aromatic heterocycles. The highest BCUT2D eigenvalue weighted by Crippen LogP contribution is 2.62. The fraction of sp³-hybridized carbons (Fsp3) is 0.143. The van der Waals surface area contributed by atoms with Crippen LogP contribution in [0.25, 0.3) is 0 Å². The summed E-state index contributed by atoms with van der Waals surface area (Å²) in [5.74, 6) is -2.40. The van der Waals surface area contributed by atoms with Crippen LogP contribution in [-0.4, -0.2) is 4.89 Å². The highest BCUT2D eigenvalue weighted by Gasteiger charge is 2.28. The molecule has 0 saturated heterocycles. The molecule has 60 valence electrons. The average Bonchev–Trinajstić information content (AvgIpc) is 1.86. The quantitative estimate of drug-likeness (QED) is 0.474. The number of thiol groups is 2. The van der Waals surface area contributed by atoms with Crippen LogP contribution in [0.5, 0.6) is 0 Å². The van der Waals surface area contributed by atoms with Crippen LogP contribution in [-0.2, 0) is 0 Å². The molecule has 0 fully saturated rings. The average molecular weight is 205 g/mol. The molecule has 11 heavy (non-hydrogen) atoms. The Balaban J connectivity index is 2.99. The zero-order valence-corrected chi connectivity index (χ0v) is 8.78. The van der Waals surface area contributed by atoms with Gasteiger partial charge in [0.2, 0.25) is 0 Å². The molecule has 0 amide bonds. The van der Waals surface area contributed by atoms with Gasteiger partial charge in [0.25, 0.3) is 5.89 Å². The fourth-order valence-electron chi connectivity index (χ4n) is 0.745. The van der Waals surface area contributed by atoms with Gasteiger partial charge < -0.3 is 0 Å². The van der Waals surface area contributed by atoms with Gasteiger partial charge in [-0.25, -0.2) is 4.89 Å². The second-order valence-electron chi connectivity index (χ2n) is 2.40. The third-order valence-electron chi connectivity index (χ3n) is 1.38. The summed E-state index contributed by atoms with van der Waals surface area (Å²) in [5.41, 5.74) is 1.17. The van der Waals surface area contributed by atoms with Crippen molar-refractivity contribution in [2.24, 2.45) is 0 Å². The third kappa shape index (κ3) is 2.68. The molecule has 1 N–H and O–H groups in total. The fourth-order valence-corrected chi connectivity index (χ4v) is 2.09. The summed E-state index contributed by atoms with van der Waals surface area (Å²) in [7, 11) is 0. The lowest BCUT2D eigenvalue weighted by Crippen LogP contribution is -2.00. The van der Waals surface area contributed by atoms with E-state index in [2.05, 4.69) is 24.5 Å². The van der Waals surface area contributed by atoms with E-state index in [1.807, 2.05) is 31.2 Å². The molecule has 0 aliphatic carbocycles. The van der Waals surface area contributed by atoms with Crippen LogP contribution >= 0.6 is 30.4 Å². The number of aryl methyl sites for hydroxylation is 1. The lowest BCUT2D eigenvalue weighted by Gasteiger charge is -2.03. The Morgan fingerprint density at radius 3 is 2.00 bits per heavy atom. The molecular formula is C7H10OPS2+. The number of benzene rings is 1. The van der Waals surface area contributed by atoms with Crippen molar-refractivity contribution in [1.29, 1.82) is 0 Å². The predicted octanol–water partition coefficient (Wildman–Crippen LogP) is 2.23. The standard InChI is InChI=1S/C7H10OPS2/c1-6-2-4-7(5-3-6)9(8,10)11/h2-5,8,10-11H,1H3/q+1. The monoisotopic (exact) mass is 205 g/mol. The van der Waals surface area contributed by atoms with Gasteiger partial charge in [0.1, 0.15) is 5.30 Å². The minimum absolute atomic E-state index is 0.801. The molecule has 1 rings (SSSR count). The Morgan fingerprint density at radius 2 is 1.64 bits per heavy atom. The van der Waals surface area contributed by atoms with Gasteiger partial charge in [0.15, 0.2) is 0 Å². The Morgan fingerprint density at radius 1 is 1.18 bits per heavy atom. The largest absolute Gasteiger partial charge is 0.284 e. The molecule has 4 heteroatoms. The molecule has 0 heterocycles. The second kappa shape index (κ2) is 3.36. The van der Waals surface area contributed by atoms with Crippen LogP contribution in [0.3, 0.4) is 0 Å². The SMILES string of the molecule is Cc1ccc([P+](O)(S)S)cc1. The molecule has 0 spiro atoms. The molecule has 0 aliphatic heterocycles. The molecule has 1 aromatic rings. The van der Waals surface area contributed by atoms with Crippen molar-refractivity contribution in [2.45, 2.75) is 6.92 Å². The first-order chi connectivity index (χ1) is 5.00. The van der Waals surface area contributed by atoms with Gasteiger partial charge in [-0.05, 0) is 19.1 Å². The first-order valence-electron chi connectivity index (χ1n) is 3.14. The van der Waals surface area contributed by atoms with Gasteiger partial charge in [-0.3, -0.25) is 0 Å². The second-order valence-corrected chi connectivity index (χ2v) is 8.48. The van der Waals surface area contributed by atoms with E-state index in [0.29, 0.717) is 0 Å². The van der Waals surface area contributed by atoms with E-state index in [1.54, 1.807) is 0 Å².